The molecule has 0 radical (unpaired) electrons. The first kappa shape index (κ1) is 23.6. The molecular weight excluding hydrogens is 552 g/mol. The van der Waals surface area contributed by atoms with Crippen LogP contribution in [0.5, 0.6) is 5.75 Å². The third kappa shape index (κ3) is 4.24. The van der Waals surface area contributed by atoms with Crippen LogP contribution in [-0.2, 0) is 11.3 Å². The van der Waals surface area contributed by atoms with Crippen LogP contribution in [-0.4, -0.2) is 27.1 Å². The van der Waals surface area contributed by atoms with Crippen molar-refractivity contribution in [3.05, 3.63) is 103 Å². The number of benzene rings is 3. The molecule has 6 rings (SSSR count). The highest BCUT2D eigenvalue weighted by Gasteiger charge is 2.34. The van der Waals surface area contributed by atoms with Crippen molar-refractivity contribution in [3.8, 4) is 17.1 Å². The quantitative estimate of drug-likeness (QED) is 0.291. The summed E-state index contributed by atoms with van der Waals surface area (Å²) < 4.78 is 8.10. The summed E-state index contributed by atoms with van der Waals surface area (Å²) in [4.78, 5) is 33.9. The second-order valence-electron chi connectivity index (χ2n) is 8.65. The maximum atomic E-state index is 13.7. The zero-order valence-electron chi connectivity index (χ0n) is 19.8. The number of anilines is 1. The van der Waals surface area contributed by atoms with E-state index in [9.17, 15) is 9.59 Å². The summed E-state index contributed by atoms with van der Waals surface area (Å²) in [5, 5.41) is 4.47. The van der Waals surface area contributed by atoms with Gasteiger partial charge < -0.3 is 9.64 Å². The van der Waals surface area contributed by atoms with Crippen LogP contribution >= 0.6 is 27.3 Å². The molecule has 7 nitrogen and oxygen atoms in total. The van der Waals surface area contributed by atoms with E-state index in [4.69, 9.17) is 4.74 Å². The molecule has 0 spiro atoms. The Bertz CT molecular complexity index is 1750. The average Bonchev–Trinajstić information content (AvgIpc) is 3.54. The van der Waals surface area contributed by atoms with Crippen molar-refractivity contribution in [2.24, 2.45) is 0 Å². The van der Waals surface area contributed by atoms with E-state index in [0.717, 1.165) is 39.0 Å². The third-order valence-electron chi connectivity index (χ3n) is 6.13. The highest BCUT2D eigenvalue weighted by Crippen LogP contribution is 2.38. The van der Waals surface area contributed by atoms with Crippen LogP contribution in [0.15, 0.2) is 82.1 Å². The van der Waals surface area contributed by atoms with Crippen LogP contribution in [0.4, 0.5) is 5.69 Å². The minimum Gasteiger partial charge on any atom is -0.494 e. The van der Waals surface area contributed by atoms with Gasteiger partial charge in [-0.15, -0.1) is 5.10 Å². The van der Waals surface area contributed by atoms with Gasteiger partial charge in [0.1, 0.15) is 10.3 Å². The molecule has 1 aliphatic heterocycles. The van der Waals surface area contributed by atoms with E-state index in [1.807, 2.05) is 72.8 Å². The Hall–Kier alpha value is -3.82. The minimum atomic E-state index is -0.350. The molecule has 1 amide bonds. The summed E-state index contributed by atoms with van der Waals surface area (Å²) in [6, 6.07) is 23.0. The summed E-state index contributed by atoms with van der Waals surface area (Å²) in [5.74, 6) is 1.02. The van der Waals surface area contributed by atoms with Crippen LogP contribution in [0, 0.1) is 0 Å². The van der Waals surface area contributed by atoms with Gasteiger partial charge in [0.05, 0.1) is 24.4 Å². The highest BCUT2D eigenvalue weighted by atomic mass is 79.9. The molecule has 1 aliphatic rings. The van der Waals surface area contributed by atoms with Gasteiger partial charge in [0.25, 0.3) is 11.5 Å². The Balaban J connectivity index is 1.43. The number of hydrogen-bond acceptors (Lipinski definition) is 6. The number of aromatic nitrogens is 3. The lowest BCUT2D eigenvalue weighted by atomic mass is 10.1. The molecule has 0 aliphatic carbocycles. The summed E-state index contributed by atoms with van der Waals surface area (Å²) in [6.07, 6.45) is 0.933. The number of ether oxygens (including phenoxy) is 1. The van der Waals surface area contributed by atoms with Gasteiger partial charge in [-0.05, 0) is 54.4 Å². The molecule has 5 aromatic rings. The Kier molecular flexibility index (Phi) is 6.10. The number of hydrogen-bond donors (Lipinski definition) is 0. The van der Waals surface area contributed by atoms with E-state index in [2.05, 4.69) is 32.9 Å². The molecule has 0 unspecified atom stereocenters. The lowest BCUT2D eigenvalue weighted by molar-refractivity contribution is -0.113. The fourth-order valence-electron chi connectivity index (χ4n) is 4.37. The van der Waals surface area contributed by atoms with Gasteiger partial charge in [-0.25, -0.2) is 0 Å². The SMILES string of the molecule is CCCOc1ccc(-c2nc3s/c(=C4\C(=O)N(Cc5ccccc5)c5ccc(Br)cc54)c(=O)n3n2)cc1. The van der Waals surface area contributed by atoms with Crippen molar-refractivity contribution in [1.82, 2.24) is 14.6 Å². The number of fused-ring (bicyclic) bond motifs is 2. The van der Waals surface area contributed by atoms with E-state index in [1.165, 1.54) is 15.9 Å². The molecule has 184 valence electrons. The van der Waals surface area contributed by atoms with E-state index in [0.29, 0.717) is 34.0 Å². The molecule has 0 bridgehead atoms. The maximum absolute atomic E-state index is 13.7. The number of carbonyl (C=O) groups excluding carboxylic acids is 1. The second-order valence-corrected chi connectivity index (χ2v) is 10.5. The number of carbonyl (C=O) groups is 1. The third-order valence-corrected chi connectivity index (χ3v) is 7.65. The predicted molar refractivity (Wildman–Crippen MR) is 148 cm³/mol. The summed E-state index contributed by atoms with van der Waals surface area (Å²) >= 11 is 4.70. The molecule has 2 aromatic heterocycles. The number of nitrogens with zero attached hydrogens (tertiary/aromatic N) is 4. The van der Waals surface area contributed by atoms with Gasteiger partial charge in [-0.3, -0.25) is 9.59 Å². The molecule has 0 saturated heterocycles. The number of thiazole rings is 1. The Morgan fingerprint density at radius 1 is 1.00 bits per heavy atom. The molecule has 9 heteroatoms. The molecule has 0 atom stereocenters. The predicted octanol–water partition coefficient (Wildman–Crippen LogP) is 4.83. The first-order valence-corrected chi connectivity index (χ1v) is 13.5. The fourth-order valence-corrected chi connectivity index (χ4v) is 5.73. The lowest BCUT2D eigenvalue weighted by Crippen LogP contribution is -2.32. The maximum Gasteiger partial charge on any atom is 0.291 e. The van der Waals surface area contributed by atoms with Crippen molar-refractivity contribution < 1.29 is 9.53 Å². The topological polar surface area (TPSA) is 76.8 Å². The average molecular weight is 573 g/mol. The Morgan fingerprint density at radius 3 is 2.51 bits per heavy atom. The fraction of sp³-hybridized carbons (Fsp3) is 0.143. The van der Waals surface area contributed by atoms with Crippen LogP contribution < -0.4 is 19.7 Å². The first-order chi connectivity index (χ1) is 18.0. The Morgan fingerprint density at radius 2 is 1.78 bits per heavy atom. The van der Waals surface area contributed by atoms with Crippen molar-refractivity contribution >= 4 is 49.4 Å². The van der Waals surface area contributed by atoms with Crippen LogP contribution in [0.3, 0.4) is 0 Å². The van der Waals surface area contributed by atoms with Crippen LogP contribution in [0.2, 0.25) is 0 Å². The highest BCUT2D eigenvalue weighted by molar-refractivity contribution is 9.10. The van der Waals surface area contributed by atoms with Crippen molar-refractivity contribution in [1.29, 1.82) is 0 Å². The number of rotatable bonds is 6. The molecule has 3 aromatic carbocycles. The number of halogens is 1. The van der Waals surface area contributed by atoms with Crippen LogP contribution in [0.25, 0.3) is 21.9 Å². The molecule has 3 heterocycles. The van der Waals surface area contributed by atoms with Crippen molar-refractivity contribution in [3.63, 3.8) is 0 Å². The molecule has 0 saturated carbocycles. The summed E-state index contributed by atoms with van der Waals surface area (Å²) in [6.45, 7) is 3.12. The van der Waals surface area contributed by atoms with Gasteiger partial charge >= 0.3 is 0 Å². The van der Waals surface area contributed by atoms with Gasteiger partial charge in [0.15, 0.2) is 5.82 Å². The normalized spacial score (nSPS) is 14.4. The molecule has 0 N–H and O–H groups in total. The van der Waals surface area contributed by atoms with Crippen LogP contribution in [0.1, 0.15) is 24.5 Å². The van der Waals surface area contributed by atoms with Gasteiger partial charge in [-0.2, -0.15) is 9.50 Å². The van der Waals surface area contributed by atoms with Crippen molar-refractivity contribution in [2.75, 3.05) is 11.5 Å². The van der Waals surface area contributed by atoms with Gasteiger partial charge in [0, 0.05) is 15.6 Å². The largest absolute Gasteiger partial charge is 0.494 e. The van der Waals surface area contributed by atoms with Crippen molar-refractivity contribution in [2.45, 2.75) is 19.9 Å². The smallest absolute Gasteiger partial charge is 0.291 e. The number of amides is 1. The standard InChI is InChI=1S/C28H21BrN4O3S/c1-2-14-36-20-11-8-18(9-12-20)25-30-28-33(31-25)27(35)24(37-28)23-21-15-19(29)10-13-22(21)32(26(23)34)16-17-6-4-3-5-7-17/h3-13,15H,2,14,16H2,1H3/b24-23-. The zero-order valence-corrected chi connectivity index (χ0v) is 22.3. The van der Waals surface area contributed by atoms with E-state index < -0.39 is 0 Å². The van der Waals surface area contributed by atoms with E-state index in [-0.39, 0.29) is 11.5 Å². The lowest BCUT2D eigenvalue weighted by Gasteiger charge is -2.17. The minimum absolute atomic E-state index is 0.207. The Labute approximate surface area is 224 Å². The first-order valence-electron chi connectivity index (χ1n) is 11.9. The van der Waals surface area contributed by atoms with Gasteiger partial charge in [0.2, 0.25) is 4.96 Å². The van der Waals surface area contributed by atoms with E-state index in [1.54, 1.807) is 4.90 Å². The summed E-state index contributed by atoms with van der Waals surface area (Å²) in [7, 11) is 0. The monoisotopic (exact) mass is 572 g/mol. The molecule has 0 fully saturated rings. The second kappa shape index (κ2) is 9.57. The summed E-state index contributed by atoms with van der Waals surface area (Å²) in [5.41, 5.74) is 3.32. The van der Waals surface area contributed by atoms with E-state index >= 15 is 0 Å². The zero-order chi connectivity index (χ0) is 25.5. The molecule has 37 heavy (non-hydrogen) atoms. The molecular formula is C28H21BrN4O3S. The van der Waals surface area contributed by atoms with Gasteiger partial charge in [-0.1, -0.05) is 64.5 Å².